The van der Waals surface area contributed by atoms with Gasteiger partial charge >= 0.3 is 0 Å². The molecule has 0 aliphatic heterocycles. The zero-order valence-corrected chi connectivity index (χ0v) is 10.9. The molecule has 0 aromatic carbocycles. The minimum atomic E-state index is -1.07. The third-order valence-electron chi connectivity index (χ3n) is 2.19. The number of hydrogen-bond donors (Lipinski definition) is 0. The summed E-state index contributed by atoms with van der Waals surface area (Å²) in [5.74, 6) is -1.68. The average Bonchev–Trinajstić information content (AvgIpc) is 2.13. The second-order valence-electron chi connectivity index (χ2n) is 5.06. The molecular formula is C12H23O4-. The Balaban J connectivity index is 4.17. The maximum atomic E-state index is 10.9. The lowest BCUT2D eigenvalue weighted by molar-refractivity contribution is -0.383. The van der Waals surface area contributed by atoms with Crippen LogP contribution in [0.4, 0.5) is 0 Å². The van der Waals surface area contributed by atoms with Crippen LogP contribution in [0.1, 0.15) is 53.9 Å². The van der Waals surface area contributed by atoms with Gasteiger partial charge in [-0.25, -0.2) is 9.78 Å². The molecule has 16 heavy (non-hydrogen) atoms. The molecule has 0 saturated heterocycles. The van der Waals surface area contributed by atoms with E-state index in [2.05, 4.69) is 0 Å². The molecule has 0 aliphatic carbocycles. The Morgan fingerprint density at radius 2 is 1.94 bits per heavy atom. The first-order valence-electron chi connectivity index (χ1n) is 5.83. The summed E-state index contributed by atoms with van der Waals surface area (Å²) in [6, 6.07) is 0. The first kappa shape index (κ1) is 15.4. The molecule has 0 rings (SSSR count). The molecule has 0 radical (unpaired) electrons. The van der Waals surface area contributed by atoms with Crippen molar-refractivity contribution in [1.82, 2.24) is 0 Å². The summed E-state index contributed by atoms with van der Waals surface area (Å²) in [7, 11) is 0. The van der Waals surface area contributed by atoms with Crippen molar-refractivity contribution in [2.45, 2.75) is 65.6 Å². The predicted octanol–water partition coefficient (Wildman–Crippen LogP) is 1.68. The molecule has 4 nitrogen and oxygen atoms in total. The molecule has 2 atom stereocenters. The second-order valence-corrected chi connectivity index (χ2v) is 5.06. The SMILES string of the molecule is CCCCC(C(=O)[O-])C(C)OOC(C)(C)C. The van der Waals surface area contributed by atoms with E-state index in [1.165, 1.54) is 0 Å². The fraction of sp³-hybridized carbons (Fsp3) is 0.917. The van der Waals surface area contributed by atoms with Crippen molar-refractivity contribution in [2.75, 3.05) is 0 Å². The normalized spacial score (nSPS) is 15.8. The maximum Gasteiger partial charge on any atom is 0.0982 e. The molecule has 2 unspecified atom stereocenters. The minimum absolute atomic E-state index is 0.435. The van der Waals surface area contributed by atoms with E-state index in [1.54, 1.807) is 6.92 Å². The van der Waals surface area contributed by atoms with Crippen molar-refractivity contribution >= 4 is 5.97 Å². The Morgan fingerprint density at radius 1 is 1.38 bits per heavy atom. The van der Waals surface area contributed by atoms with Crippen LogP contribution in [0.3, 0.4) is 0 Å². The Kier molecular flexibility index (Phi) is 6.60. The molecule has 4 heteroatoms. The van der Waals surface area contributed by atoms with Gasteiger partial charge in [0.05, 0.1) is 11.7 Å². The molecule has 0 N–H and O–H groups in total. The molecule has 0 aliphatic rings. The van der Waals surface area contributed by atoms with E-state index >= 15 is 0 Å². The van der Waals surface area contributed by atoms with Crippen LogP contribution in [0.5, 0.6) is 0 Å². The maximum absolute atomic E-state index is 10.9. The molecule has 0 fully saturated rings. The number of rotatable bonds is 7. The Bertz CT molecular complexity index is 208. The highest BCUT2D eigenvalue weighted by atomic mass is 17.2. The van der Waals surface area contributed by atoms with Gasteiger partial charge in [-0.15, -0.1) is 0 Å². The topological polar surface area (TPSA) is 58.6 Å². The largest absolute Gasteiger partial charge is 0.550 e. The predicted molar refractivity (Wildman–Crippen MR) is 59.4 cm³/mol. The minimum Gasteiger partial charge on any atom is -0.550 e. The number of carbonyl (C=O) groups is 1. The van der Waals surface area contributed by atoms with E-state index in [9.17, 15) is 9.90 Å². The van der Waals surface area contributed by atoms with Gasteiger partial charge in [-0.1, -0.05) is 19.8 Å². The first-order valence-corrected chi connectivity index (χ1v) is 5.83. The van der Waals surface area contributed by atoms with Crippen LogP contribution >= 0.6 is 0 Å². The van der Waals surface area contributed by atoms with Crippen molar-refractivity contribution in [3.8, 4) is 0 Å². The lowest BCUT2D eigenvalue weighted by Crippen LogP contribution is -2.39. The highest BCUT2D eigenvalue weighted by Crippen LogP contribution is 2.18. The average molecular weight is 231 g/mol. The van der Waals surface area contributed by atoms with E-state index < -0.39 is 23.6 Å². The number of hydrogen-bond acceptors (Lipinski definition) is 4. The van der Waals surface area contributed by atoms with Gasteiger partial charge in [-0.3, -0.25) is 0 Å². The van der Waals surface area contributed by atoms with Gasteiger partial charge in [0.15, 0.2) is 0 Å². The third kappa shape index (κ3) is 6.80. The number of carbonyl (C=O) groups excluding carboxylic acids is 1. The third-order valence-corrected chi connectivity index (χ3v) is 2.19. The van der Waals surface area contributed by atoms with Gasteiger partial charge in [0, 0.05) is 11.9 Å². The Morgan fingerprint density at radius 3 is 2.31 bits per heavy atom. The summed E-state index contributed by atoms with van der Waals surface area (Å²) in [4.78, 5) is 21.1. The lowest BCUT2D eigenvalue weighted by Gasteiger charge is -2.27. The van der Waals surface area contributed by atoms with Gasteiger partial charge in [0.2, 0.25) is 0 Å². The Labute approximate surface area is 97.9 Å². The monoisotopic (exact) mass is 231 g/mol. The summed E-state index contributed by atoms with van der Waals surface area (Å²) in [5.41, 5.74) is -0.435. The van der Waals surface area contributed by atoms with Crippen LogP contribution in [0.15, 0.2) is 0 Å². The summed E-state index contributed by atoms with van der Waals surface area (Å²) < 4.78 is 0. The molecule has 0 bridgehead atoms. The summed E-state index contributed by atoms with van der Waals surface area (Å²) in [5, 5.41) is 10.9. The number of aliphatic carboxylic acids is 1. The fourth-order valence-corrected chi connectivity index (χ4v) is 1.26. The molecular weight excluding hydrogens is 208 g/mol. The van der Waals surface area contributed by atoms with Gasteiger partial charge in [-0.05, 0) is 34.1 Å². The van der Waals surface area contributed by atoms with E-state index in [4.69, 9.17) is 9.78 Å². The van der Waals surface area contributed by atoms with Crippen LogP contribution < -0.4 is 5.11 Å². The highest BCUT2D eigenvalue weighted by molar-refractivity contribution is 5.68. The molecule has 0 spiro atoms. The highest BCUT2D eigenvalue weighted by Gasteiger charge is 2.22. The fourth-order valence-electron chi connectivity index (χ4n) is 1.26. The first-order chi connectivity index (χ1) is 7.28. The quantitative estimate of drug-likeness (QED) is 0.494. The summed E-state index contributed by atoms with van der Waals surface area (Å²) in [6.07, 6.45) is 1.88. The summed E-state index contributed by atoms with van der Waals surface area (Å²) in [6.45, 7) is 9.25. The van der Waals surface area contributed by atoms with Crippen LogP contribution in [0.2, 0.25) is 0 Å². The molecule has 0 saturated carbocycles. The van der Waals surface area contributed by atoms with Gasteiger partial charge in [0.1, 0.15) is 0 Å². The van der Waals surface area contributed by atoms with Crippen molar-refractivity contribution in [1.29, 1.82) is 0 Å². The second kappa shape index (κ2) is 6.86. The van der Waals surface area contributed by atoms with Crippen molar-refractivity contribution in [3.63, 3.8) is 0 Å². The number of carboxylic acid groups (broad SMARTS) is 1. The van der Waals surface area contributed by atoms with Crippen LogP contribution in [0, 0.1) is 5.92 Å². The van der Waals surface area contributed by atoms with Crippen LogP contribution in [0.25, 0.3) is 0 Å². The van der Waals surface area contributed by atoms with Crippen LogP contribution in [-0.2, 0) is 14.6 Å². The van der Waals surface area contributed by atoms with Gasteiger partial charge < -0.3 is 9.90 Å². The van der Waals surface area contributed by atoms with Crippen molar-refractivity contribution in [2.24, 2.45) is 5.92 Å². The van der Waals surface area contributed by atoms with Crippen molar-refractivity contribution < 1.29 is 19.7 Å². The zero-order chi connectivity index (χ0) is 12.8. The lowest BCUT2D eigenvalue weighted by atomic mass is 9.97. The molecule has 0 heterocycles. The van der Waals surface area contributed by atoms with E-state index in [1.807, 2.05) is 27.7 Å². The molecule has 0 aromatic rings. The van der Waals surface area contributed by atoms with Crippen molar-refractivity contribution in [3.05, 3.63) is 0 Å². The standard InChI is InChI=1S/C12H24O4/c1-6-7-8-10(11(13)14)9(2)15-16-12(3,4)5/h9-10H,6-8H2,1-5H3,(H,13,14)/p-1. The van der Waals surface area contributed by atoms with E-state index in [0.29, 0.717) is 6.42 Å². The van der Waals surface area contributed by atoms with E-state index in [0.717, 1.165) is 12.8 Å². The number of unbranched alkanes of at least 4 members (excludes halogenated alkanes) is 1. The molecule has 96 valence electrons. The molecule has 0 aromatic heterocycles. The van der Waals surface area contributed by atoms with Crippen LogP contribution in [-0.4, -0.2) is 17.7 Å². The van der Waals surface area contributed by atoms with E-state index in [-0.39, 0.29) is 0 Å². The van der Waals surface area contributed by atoms with Gasteiger partial charge in [0.25, 0.3) is 0 Å². The molecule has 0 amide bonds. The Hall–Kier alpha value is -0.610. The summed E-state index contributed by atoms with van der Waals surface area (Å²) >= 11 is 0. The number of carboxylic acids is 1. The zero-order valence-electron chi connectivity index (χ0n) is 10.9. The van der Waals surface area contributed by atoms with Gasteiger partial charge in [-0.2, -0.15) is 0 Å². The smallest absolute Gasteiger partial charge is 0.0982 e.